The van der Waals surface area contributed by atoms with E-state index in [9.17, 15) is 14.7 Å². The third-order valence-electron chi connectivity index (χ3n) is 6.11. The monoisotopic (exact) mass is 446 g/mol. The maximum atomic E-state index is 13.2. The minimum atomic E-state index is -0.649. The van der Waals surface area contributed by atoms with Crippen LogP contribution < -0.4 is 4.90 Å². The van der Waals surface area contributed by atoms with Crippen molar-refractivity contribution in [1.29, 1.82) is 0 Å². The number of hydrogen-bond donors (Lipinski definition) is 2. The van der Waals surface area contributed by atoms with E-state index in [1.165, 1.54) is 0 Å². The van der Waals surface area contributed by atoms with E-state index in [1.54, 1.807) is 11.1 Å². The average Bonchev–Trinajstić information content (AvgIpc) is 3.33. The van der Waals surface area contributed by atoms with E-state index in [2.05, 4.69) is 4.98 Å². The van der Waals surface area contributed by atoms with Crippen molar-refractivity contribution < 1.29 is 14.7 Å². The summed E-state index contributed by atoms with van der Waals surface area (Å²) in [6, 6.07) is 14.7. The Labute approximate surface area is 193 Å². The molecule has 1 aliphatic heterocycles. The quantitative estimate of drug-likeness (QED) is 0.329. The van der Waals surface area contributed by atoms with Gasteiger partial charge in [0.1, 0.15) is 5.76 Å². The molecular weight excluding hydrogens is 416 g/mol. The van der Waals surface area contributed by atoms with Crippen molar-refractivity contribution in [2.75, 3.05) is 46.2 Å². The number of likely N-dealkylation sites (tertiary alicyclic amines) is 1. The Balaban J connectivity index is 1.83. The highest BCUT2D eigenvalue weighted by atomic mass is 16.3. The predicted molar refractivity (Wildman–Crippen MR) is 131 cm³/mol. The van der Waals surface area contributed by atoms with Gasteiger partial charge in [0.2, 0.25) is 0 Å². The Kier molecular flexibility index (Phi) is 6.24. The topological polar surface area (TPSA) is 79.9 Å². The number of amides is 1. The number of benzene rings is 2. The van der Waals surface area contributed by atoms with Gasteiger partial charge in [0, 0.05) is 49.0 Å². The minimum Gasteiger partial charge on any atom is -0.507 e. The fraction of sp³-hybridized carbons (Fsp3) is 0.308. The number of H-pyrrole nitrogens is 1. The van der Waals surface area contributed by atoms with Crippen LogP contribution in [0.15, 0.2) is 60.3 Å². The van der Waals surface area contributed by atoms with Crippen LogP contribution in [-0.4, -0.2) is 72.9 Å². The minimum absolute atomic E-state index is 0.132. The van der Waals surface area contributed by atoms with Gasteiger partial charge in [-0.25, -0.2) is 0 Å². The van der Waals surface area contributed by atoms with Crippen LogP contribution in [0, 0.1) is 0 Å². The van der Waals surface area contributed by atoms with Gasteiger partial charge in [-0.2, -0.15) is 0 Å². The summed E-state index contributed by atoms with van der Waals surface area (Å²) >= 11 is 0. The van der Waals surface area contributed by atoms with Crippen LogP contribution in [0.3, 0.4) is 0 Å². The highest BCUT2D eigenvalue weighted by molar-refractivity contribution is 6.46. The van der Waals surface area contributed by atoms with Crippen LogP contribution >= 0.6 is 0 Å². The number of carbonyl (C=O) groups excluding carboxylic acids is 2. The normalized spacial score (nSPS) is 18.0. The van der Waals surface area contributed by atoms with Gasteiger partial charge >= 0.3 is 0 Å². The molecule has 1 unspecified atom stereocenters. The SMILES string of the molecule is CN(C)CCCN1C(=O)C(=O)/C(=C(\O)c2c[nH]c3ccccc23)C1c1ccc(N(C)C)cc1. The van der Waals surface area contributed by atoms with E-state index >= 15 is 0 Å². The van der Waals surface area contributed by atoms with Crippen molar-refractivity contribution in [2.45, 2.75) is 12.5 Å². The van der Waals surface area contributed by atoms with Crippen molar-refractivity contribution in [3.05, 3.63) is 71.4 Å². The number of nitrogens with zero attached hydrogens (tertiary/aromatic N) is 3. The highest BCUT2D eigenvalue weighted by Crippen LogP contribution is 2.40. The molecule has 1 amide bonds. The molecule has 2 heterocycles. The zero-order chi connectivity index (χ0) is 23.7. The second kappa shape index (κ2) is 9.11. The van der Waals surface area contributed by atoms with E-state index in [1.807, 2.05) is 86.5 Å². The lowest BCUT2D eigenvalue weighted by Gasteiger charge is -2.26. The molecule has 0 bridgehead atoms. The number of aliphatic hydroxyl groups is 1. The highest BCUT2D eigenvalue weighted by Gasteiger charge is 2.46. The second-order valence-electron chi connectivity index (χ2n) is 8.88. The molecule has 3 aromatic rings. The Hall–Kier alpha value is -3.58. The first-order valence-electron chi connectivity index (χ1n) is 11.1. The Morgan fingerprint density at radius 1 is 1.03 bits per heavy atom. The third kappa shape index (κ3) is 4.24. The van der Waals surface area contributed by atoms with Crippen LogP contribution in [0.4, 0.5) is 5.69 Å². The predicted octanol–water partition coefficient (Wildman–Crippen LogP) is 3.61. The molecule has 0 aliphatic carbocycles. The maximum absolute atomic E-state index is 13.2. The molecule has 1 aromatic heterocycles. The van der Waals surface area contributed by atoms with Crippen molar-refractivity contribution in [1.82, 2.24) is 14.8 Å². The first-order chi connectivity index (χ1) is 15.8. The van der Waals surface area contributed by atoms with Crippen molar-refractivity contribution in [3.63, 3.8) is 0 Å². The molecule has 0 saturated carbocycles. The lowest BCUT2D eigenvalue weighted by atomic mass is 9.95. The number of carbonyl (C=O) groups is 2. The molecule has 1 atom stereocenters. The summed E-state index contributed by atoms with van der Waals surface area (Å²) < 4.78 is 0. The molecule has 1 aliphatic rings. The number of nitrogens with one attached hydrogen (secondary N) is 1. The third-order valence-corrected chi connectivity index (χ3v) is 6.11. The summed E-state index contributed by atoms with van der Waals surface area (Å²) in [5, 5.41) is 12.1. The van der Waals surface area contributed by atoms with Gasteiger partial charge < -0.3 is 24.8 Å². The smallest absolute Gasteiger partial charge is 0.295 e. The molecule has 7 nitrogen and oxygen atoms in total. The van der Waals surface area contributed by atoms with Gasteiger partial charge in [0.05, 0.1) is 11.6 Å². The first kappa shape index (κ1) is 22.6. The number of aromatic nitrogens is 1. The zero-order valence-corrected chi connectivity index (χ0v) is 19.5. The fourth-order valence-electron chi connectivity index (χ4n) is 4.38. The van der Waals surface area contributed by atoms with E-state index < -0.39 is 17.7 Å². The van der Waals surface area contributed by atoms with E-state index in [-0.39, 0.29) is 11.3 Å². The number of anilines is 1. The van der Waals surface area contributed by atoms with Crippen molar-refractivity contribution in [3.8, 4) is 0 Å². The molecule has 0 radical (unpaired) electrons. The van der Waals surface area contributed by atoms with Gasteiger partial charge in [-0.15, -0.1) is 0 Å². The van der Waals surface area contributed by atoms with Crippen molar-refractivity contribution in [2.24, 2.45) is 0 Å². The number of Topliss-reactive ketones (excluding diaryl/α,β-unsaturated/α-hetero) is 1. The molecule has 4 rings (SSSR count). The standard InChI is InChI=1S/C26H30N4O3/c1-28(2)14-7-15-30-23(17-10-12-18(13-11-17)29(3)4)22(25(32)26(30)33)24(31)20-16-27-21-9-6-5-8-19(20)21/h5-6,8-13,16,23,27,31H,7,14-15H2,1-4H3/b24-22-. The molecule has 172 valence electrons. The molecule has 1 fully saturated rings. The summed E-state index contributed by atoms with van der Waals surface area (Å²) in [6.07, 6.45) is 2.41. The summed E-state index contributed by atoms with van der Waals surface area (Å²) in [7, 11) is 7.86. The molecule has 1 saturated heterocycles. The van der Waals surface area contributed by atoms with Crippen LogP contribution in [-0.2, 0) is 9.59 Å². The fourth-order valence-corrected chi connectivity index (χ4v) is 4.38. The van der Waals surface area contributed by atoms with Crippen LogP contribution in [0.2, 0.25) is 0 Å². The molecule has 2 aromatic carbocycles. The second-order valence-corrected chi connectivity index (χ2v) is 8.88. The summed E-state index contributed by atoms with van der Waals surface area (Å²) in [6.45, 7) is 1.21. The van der Waals surface area contributed by atoms with E-state index in [4.69, 9.17) is 0 Å². The number of rotatable bonds is 7. The molecule has 7 heteroatoms. The average molecular weight is 447 g/mol. The Morgan fingerprint density at radius 3 is 2.39 bits per heavy atom. The Bertz CT molecular complexity index is 1210. The number of ketones is 1. The molecule has 2 N–H and O–H groups in total. The number of fused-ring (bicyclic) bond motifs is 1. The lowest BCUT2D eigenvalue weighted by molar-refractivity contribution is -0.139. The Morgan fingerprint density at radius 2 is 1.73 bits per heavy atom. The summed E-state index contributed by atoms with van der Waals surface area (Å²) in [5.41, 5.74) is 3.32. The van der Waals surface area contributed by atoms with E-state index in [0.717, 1.165) is 35.1 Å². The molecular formula is C26H30N4O3. The van der Waals surface area contributed by atoms with Crippen LogP contribution in [0.25, 0.3) is 16.7 Å². The lowest BCUT2D eigenvalue weighted by Crippen LogP contribution is -2.32. The van der Waals surface area contributed by atoms with Gasteiger partial charge in [0.15, 0.2) is 0 Å². The van der Waals surface area contributed by atoms with Gasteiger partial charge in [-0.05, 0) is 50.8 Å². The molecule has 0 spiro atoms. The van der Waals surface area contributed by atoms with Crippen molar-refractivity contribution >= 4 is 34.0 Å². The maximum Gasteiger partial charge on any atom is 0.295 e. The van der Waals surface area contributed by atoms with Gasteiger partial charge in [-0.1, -0.05) is 30.3 Å². The van der Waals surface area contributed by atoms with Crippen LogP contribution in [0.5, 0.6) is 0 Å². The number of aromatic amines is 1. The van der Waals surface area contributed by atoms with Gasteiger partial charge in [0.25, 0.3) is 11.7 Å². The zero-order valence-electron chi connectivity index (χ0n) is 19.5. The number of hydrogen-bond acceptors (Lipinski definition) is 5. The number of aliphatic hydroxyl groups excluding tert-OH is 1. The van der Waals surface area contributed by atoms with Gasteiger partial charge in [-0.3, -0.25) is 9.59 Å². The van der Waals surface area contributed by atoms with Crippen LogP contribution in [0.1, 0.15) is 23.6 Å². The first-order valence-corrected chi connectivity index (χ1v) is 11.1. The summed E-state index contributed by atoms with van der Waals surface area (Å²) in [5.74, 6) is -1.37. The largest absolute Gasteiger partial charge is 0.507 e. The molecule has 33 heavy (non-hydrogen) atoms. The van der Waals surface area contributed by atoms with E-state index in [0.29, 0.717) is 12.1 Å². The summed E-state index contributed by atoms with van der Waals surface area (Å²) in [4.78, 5) is 35.1. The number of para-hydroxylation sites is 1.